The summed E-state index contributed by atoms with van der Waals surface area (Å²) in [6.45, 7) is 4.06. The van der Waals surface area contributed by atoms with Crippen LogP contribution in [0.2, 0.25) is 0 Å². The van der Waals surface area contributed by atoms with E-state index in [0.29, 0.717) is 11.7 Å². The Morgan fingerprint density at radius 3 is 2.79 bits per heavy atom. The molecule has 0 bridgehead atoms. The lowest BCUT2D eigenvalue weighted by Crippen LogP contribution is -2.40. The van der Waals surface area contributed by atoms with Gasteiger partial charge in [-0.15, -0.1) is 11.8 Å². The van der Waals surface area contributed by atoms with Crippen LogP contribution in [-0.4, -0.2) is 36.8 Å². The van der Waals surface area contributed by atoms with Gasteiger partial charge in [-0.2, -0.15) is 0 Å². The van der Waals surface area contributed by atoms with Crippen LogP contribution in [0.25, 0.3) is 0 Å². The van der Waals surface area contributed by atoms with Crippen molar-refractivity contribution in [2.45, 2.75) is 24.7 Å². The summed E-state index contributed by atoms with van der Waals surface area (Å²) in [6, 6.07) is 7.84. The fourth-order valence-electron chi connectivity index (χ4n) is 2.32. The van der Waals surface area contributed by atoms with Gasteiger partial charge in [0.15, 0.2) is 0 Å². The minimum atomic E-state index is 0.257. The number of ether oxygens (including phenoxy) is 1. The number of hydrogen-bond acceptors (Lipinski definition) is 3. The number of nitrogens with zero attached hydrogens (tertiary/aromatic N) is 1. The SMILES string of the molecule is COc1ccc(SCC(=O)N2CCCC(C)C2)cc1. The van der Waals surface area contributed by atoms with Crippen molar-refractivity contribution in [2.24, 2.45) is 5.92 Å². The average Bonchev–Trinajstić information content (AvgIpc) is 2.45. The van der Waals surface area contributed by atoms with Crippen molar-refractivity contribution < 1.29 is 9.53 Å². The zero-order chi connectivity index (χ0) is 13.7. The first-order valence-electron chi connectivity index (χ1n) is 6.73. The van der Waals surface area contributed by atoms with Crippen molar-refractivity contribution in [3.8, 4) is 5.75 Å². The highest BCUT2D eigenvalue weighted by molar-refractivity contribution is 8.00. The molecule has 1 fully saturated rings. The maximum absolute atomic E-state index is 12.1. The first kappa shape index (κ1) is 14.3. The van der Waals surface area contributed by atoms with Gasteiger partial charge in [-0.3, -0.25) is 4.79 Å². The molecule has 0 spiro atoms. The predicted molar refractivity (Wildman–Crippen MR) is 78.7 cm³/mol. The molecule has 19 heavy (non-hydrogen) atoms. The van der Waals surface area contributed by atoms with Crippen LogP contribution in [0.3, 0.4) is 0 Å². The van der Waals surface area contributed by atoms with Crippen molar-refractivity contribution >= 4 is 17.7 Å². The van der Waals surface area contributed by atoms with Gasteiger partial charge in [-0.05, 0) is 43.0 Å². The molecule has 0 saturated carbocycles. The molecule has 1 unspecified atom stereocenters. The first-order valence-corrected chi connectivity index (χ1v) is 7.72. The number of benzene rings is 1. The molecule has 1 aliphatic heterocycles. The predicted octanol–water partition coefficient (Wildman–Crippen LogP) is 3.05. The van der Waals surface area contributed by atoms with E-state index in [1.165, 1.54) is 6.42 Å². The Kier molecular flexibility index (Phi) is 5.14. The summed E-state index contributed by atoms with van der Waals surface area (Å²) in [4.78, 5) is 15.2. The number of carbonyl (C=O) groups is 1. The molecule has 1 saturated heterocycles. The number of carbonyl (C=O) groups excluding carboxylic acids is 1. The molecule has 1 aromatic rings. The number of amides is 1. The average molecular weight is 279 g/mol. The van der Waals surface area contributed by atoms with Gasteiger partial charge in [0.05, 0.1) is 12.9 Å². The van der Waals surface area contributed by atoms with E-state index in [1.54, 1.807) is 18.9 Å². The second-order valence-electron chi connectivity index (χ2n) is 5.05. The molecule has 1 aromatic carbocycles. The third kappa shape index (κ3) is 4.16. The highest BCUT2D eigenvalue weighted by Crippen LogP contribution is 2.23. The van der Waals surface area contributed by atoms with Crippen molar-refractivity contribution in [1.29, 1.82) is 0 Å². The van der Waals surface area contributed by atoms with E-state index < -0.39 is 0 Å². The molecular formula is C15H21NO2S. The Bertz CT molecular complexity index is 419. The lowest BCUT2D eigenvalue weighted by molar-refractivity contribution is -0.130. The van der Waals surface area contributed by atoms with Crippen molar-refractivity contribution in [2.75, 3.05) is 26.0 Å². The number of likely N-dealkylation sites (tertiary alicyclic amines) is 1. The van der Waals surface area contributed by atoms with Gasteiger partial charge in [0.2, 0.25) is 5.91 Å². The van der Waals surface area contributed by atoms with Crippen LogP contribution in [0.5, 0.6) is 5.75 Å². The van der Waals surface area contributed by atoms with E-state index in [4.69, 9.17) is 4.74 Å². The van der Waals surface area contributed by atoms with Crippen LogP contribution in [0.15, 0.2) is 29.2 Å². The van der Waals surface area contributed by atoms with Gasteiger partial charge >= 0.3 is 0 Å². The zero-order valence-corrected chi connectivity index (χ0v) is 12.4. The Morgan fingerprint density at radius 1 is 1.42 bits per heavy atom. The van der Waals surface area contributed by atoms with E-state index >= 15 is 0 Å². The smallest absolute Gasteiger partial charge is 0.232 e. The lowest BCUT2D eigenvalue weighted by atomic mass is 10.0. The minimum Gasteiger partial charge on any atom is -0.497 e. The largest absolute Gasteiger partial charge is 0.497 e. The number of methoxy groups -OCH3 is 1. The zero-order valence-electron chi connectivity index (χ0n) is 11.6. The Labute approximate surface area is 119 Å². The molecule has 1 atom stereocenters. The summed E-state index contributed by atoms with van der Waals surface area (Å²) < 4.78 is 5.12. The summed E-state index contributed by atoms with van der Waals surface area (Å²) in [5.41, 5.74) is 0. The fourth-order valence-corrected chi connectivity index (χ4v) is 3.13. The molecule has 3 nitrogen and oxygen atoms in total. The highest BCUT2D eigenvalue weighted by atomic mass is 32.2. The van der Waals surface area contributed by atoms with E-state index in [0.717, 1.165) is 30.2 Å². The summed E-state index contributed by atoms with van der Waals surface area (Å²) in [5, 5.41) is 0. The number of hydrogen-bond donors (Lipinski definition) is 0. The number of thioether (sulfide) groups is 1. The third-order valence-corrected chi connectivity index (χ3v) is 4.43. The van der Waals surface area contributed by atoms with E-state index in [2.05, 4.69) is 6.92 Å². The molecule has 1 aliphatic rings. The second kappa shape index (κ2) is 6.85. The lowest BCUT2D eigenvalue weighted by Gasteiger charge is -2.30. The van der Waals surface area contributed by atoms with Gasteiger partial charge in [0.25, 0.3) is 0 Å². The van der Waals surface area contributed by atoms with Gasteiger partial charge in [-0.25, -0.2) is 0 Å². The highest BCUT2D eigenvalue weighted by Gasteiger charge is 2.20. The molecular weight excluding hydrogens is 258 g/mol. The second-order valence-corrected chi connectivity index (χ2v) is 6.10. The summed E-state index contributed by atoms with van der Waals surface area (Å²) in [5.74, 6) is 2.27. The van der Waals surface area contributed by atoms with Gasteiger partial charge in [0, 0.05) is 18.0 Å². The van der Waals surface area contributed by atoms with Gasteiger partial charge < -0.3 is 9.64 Å². The summed E-state index contributed by atoms with van der Waals surface area (Å²) in [6.07, 6.45) is 2.38. The van der Waals surface area contributed by atoms with Crippen LogP contribution >= 0.6 is 11.8 Å². The Morgan fingerprint density at radius 2 is 2.16 bits per heavy atom. The van der Waals surface area contributed by atoms with E-state index in [9.17, 15) is 4.79 Å². The first-order chi connectivity index (χ1) is 9.19. The maximum Gasteiger partial charge on any atom is 0.232 e. The minimum absolute atomic E-state index is 0.257. The normalized spacial score (nSPS) is 19.3. The van der Waals surface area contributed by atoms with Crippen LogP contribution in [0.1, 0.15) is 19.8 Å². The summed E-state index contributed by atoms with van der Waals surface area (Å²) >= 11 is 1.60. The van der Waals surface area contributed by atoms with Gasteiger partial charge in [0.1, 0.15) is 5.75 Å². The number of piperidine rings is 1. The van der Waals surface area contributed by atoms with Crippen LogP contribution in [0, 0.1) is 5.92 Å². The molecule has 0 radical (unpaired) electrons. The summed E-state index contributed by atoms with van der Waals surface area (Å²) in [7, 11) is 1.66. The Balaban J connectivity index is 1.82. The maximum atomic E-state index is 12.1. The molecule has 0 N–H and O–H groups in total. The van der Waals surface area contributed by atoms with Crippen LogP contribution in [0.4, 0.5) is 0 Å². The topological polar surface area (TPSA) is 29.5 Å². The van der Waals surface area contributed by atoms with E-state index in [1.807, 2.05) is 29.2 Å². The van der Waals surface area contributed by atoms with Crippen molar-refractivity contribution in [3.63, 3.8) is 0 Å². The molecule has 4 heteroatoms. The van der Waals surface area contributed by atoms with E-state index in [-0.39, 0.29) is 5.91 Å². The molecule has 0 aliphatic carbocycles. The van der Waals surface area contributed by atoms with Crippen molar-refractivity contribution in [3.05, 3.63) is 24.3 Å². The standard InChI is InChI=1S/C15H21NO2S/c1-12-4-3-9-16(10-12)15(17)11-19-14-7-5-13(18-2)6-8-14/h5-8,12H,3-4,9-11H2,1-2H3. The molecule has 1 amide bonds. The fraction of sp³-hybridized carbons (Fsp3) is 0.533. The Hall–Kier alpha value is -1.16. The molecule has 2 rings (SSSR count). The van der Waals surface area contributed by atoms with Gasteiger partial charge in [-0.1, -0.05) is 6.92 Å². The van der Waals surface area contributed by atoms with Crippen molar-refractivity contribution in [1.82, 2.24) is 4.90 Å². The van der Waals surface area contributed by atoms with Crippen LogP contribution < -0.4 is 4.74 Å². The third-order valence-electron chi connectivity index (χ3n) is 3.43. The number of rotatable bonds is 4. The quantitative estimate of drug-likeness (QED) is 0.793. The monoisotopic (exact) mass is 279 g/mol. The molecule has 0 aromatic heterocycles. The molecule has 1 heterocycles. The molecule has 104 valence electrons. The van der Waals surface area contributed by atoms with Crippen LogP contribution in [-0.2, 0) is 4.79 Å².